The summed E-state index contributed by atoms with van der Waals surface area (Å²) in [5.74, 6) is -0.414. The first-order valence-electron chi connectivity index (χ1n) is 4.76. The Bertz CT molecular complexity index is 545. The third-order valence-corrected chi connectivity index (χ3v) is 2.54. The summed E-state index contributed by atoms with van der Waals surface area (Å²) in [7, 11) is 0. The molecule has 0 aliphatic heterocycles. The van der Waals surface area contributed by atoms with Crippen molar-refractivity contribution in [1.29, 1.82) is 0 Å². The monoisotopic (exact) mass is 237 g/mol. The lowest BCUT2D eigenvalue weighted by Gasteiger charge is -2.07. The van der Waals surface area contributed by atoms with Crippen molar-refractivity contribution < 1.29 is 4.39 Å². The summed E-state index contributed by atoms with van der Waals surface area (Å²) in [6, 6.07) is 7.74. The molecule has 4 heteroatoms. The van der Waals surface area contributed by atoms with Crippen molar-refractivity contribution in [3.63, 3.8) is 0 Å². The highest BCUT2D eigenvalue weighted by atomic mass is 35.5. The summed E-state index contributed by atoms with van der Waals surface area (Å²) < 4.78 is 15.3. The van der Waals surface area contributed by atoms with Crippen LogP contribution in [0.4, 0.5) is 4.39 Å². The molecule has 0 saturated heterocycles. The Balaban J connectivity index is 2.30. The lowest BCUT2D eigenvalue weighted by molar-refractivity contribution is 0.599. The van der Waals surface area contributed by atoms with Gasteiger partial charge in [-0.3, -0.25) is 4.79 Å². The van der Waals surface area contributed by atoms with Gasteiger partial charge in [0.25, 0.3) is 0 Å². The van der Waals surface area contributed by atoms with Crippen LogP contribution in [0.15, 0.2) is 47.5 Å². The van der Waals surface area contributed by atoms with Crippen LogP contribution < -0.4 is 5.43 Å². The van der Waals surface area contributed by atoms with Gasteiger partial charge in [-0.1, -0.05) is 23.7 Å². The molecule has 2 rings (SSSR count). The normalized spacial score (nSPS) is 10.4. The van der Waals surface area contributed by atoms with Crippen molar-refractivity contribution in [2.75, 3.05) is 0 Å². The number of aromatic nitrogens is 1. The van der Waals surface area contributed by atoms with Crippen LogP contribution in [0.2, 0.25) is 5.02 Å². The van der Waals surface area contributed by atoms with Crippen LogP contribution in [0.3, 0.4) is 0 Å². The largest absolute Gasteiger partial charge is 0.350 e. The van der Waals surface area contributed by atoms with Gasteiger partial charge in [0.15, 0.2) is 5.43 Å². The van der Waals surface area contributed by atoms with Crippen LogP contribution >= 0.6 is 11.6 Å². The number of halogens is 2. The molecule has 0 unspecified atom stereocenters. The van der Waals surface area contributed by atoms with Crippen LogP contribution in [-0.2, 0) is 6.54 Å². The van der Waals surface area contributed by atoms with Gasteiger partial charge in [0.2, 0.25) is 0 Å². The molecule has 0 atom stereocenters. The molecule has 2 aromatic rings. The molecule has 0 aliphatic carbocycles. The van der Waals surface area contributed by atoms with Gasteiger partial charge >= 0.3 is 0 Å². The predicted octanol–water partition coefficient (Wildman–Crippen LogP) is 2.69. The molecule has 0 N–H and O–H groups in total. The predicted molar refractivity (Wildman–Crippen MR) is 61.2 cm³/mol. The molecule has 16 heavy (non-hydrogen) atoms. The number of benzene rings is 1. The van der Waals surface area contributed by atoms with Gasteiger partial charge in [-0.15, -0.1) is 0 Å². The van der Waals surface area contributed by atoms with Crippen LogP contribution in [0, 0.1) is 5.82 Å². The van der Waals surface area contributed by atoms with Crippen molar-refractivity contribution in [2.45, 2.75) is 6.54 Å². The first kappa shape index (κ1) is 10.9. The fourth-order valence-electron chi connectivity index (χ4n) is 1.42. The molecule has 0 saturated carbocycles. The average Bonchev–Trinajstić information content (AvgIpc) is 2.28. The fourth-order valence-corrected chi connectivity index (χ4v) is 1.61. The SMILES string of the molecule is O=c1ccn(Cc2cccc(Cl)c2F)cc1. The summed E-state index contributed by atoms with van der Waals surface area (Å²) in [5.41, 5.74) is 0.430. The summed E-state index contributed by atoms with van der Waals surface area (Å²) in [6.45, 7) is 0.354. The molecule has 1 aromatic heterocycles. The average molecular weight is 238 g/mol. The molecular formula is C12H9ClFNO. The summed E-state index contributed by atoms with van der Waals surface area (Å²) in [5, 5.41) is 0.110. The second-order valence-corrected chi connectivity index (χ2v) is 3.83. The minimum Gasteiger partial charge on any atom is -0.350 e. The quantitative estimate of drug-likeness (QED) is 0.787. The zero-order chi connectivity index (χ0) is 11.5. The molecule has 1 aromatic carbocycles. The molecule has 0 spiro atoms. The van der Waals surface area contributed by atoms with Gasteiger partial charge in [0.05, 0.1) is 5.02 Å². The maximum Gasteiger partial charge on any atom is 0.181 e. The number of rotatable bonds is 2. The Morgan fingerprint density at radius 3 is 2.56 bits per heavy atom. The van der Waals surface area contributed by atoms with E-state index in [0.717, 1.165) is 0 Å². The van der Waals surface area contributed by atoms with E-state index in [0.29, 0.717) is 12.1 Å². The molecule has 2 nitrogen and oxygen atoms in total. The topological polar surface area (TPSA) is 22.0 Å². The number of hydrogen-bond acceptors (Lipinski definition) is 1. The zero-order valence-corrected chi connectivity index (χ0v) is 9.12. The summed E-state index contributed by atoms with van der Waals surface area (Å²) in [6.07, 6.45) is 3.23. The highest BCUT2D eigenvalue weighted by Gasteiger charge is 2.05. The number of hydrogen-bond donors (Lipinski definition) is 0. The third kappa shape index (κ3) is 2.31. The Morgan fingerprint density at radius 2 is 1.88 bits per heavy atom. The molecular weight excluding hydrogens is 229 g/mol. The molecule has 0 radical (unpaired) electrons. The summed E-state index contributed by atoms with van der Waals surface area (Å²) >= 11 is 5.67. The molecule has 0 aliphatic rings. The van der Waals surface area contributed by atoms with Crippen LogP contribution in [0.5, 0.6) is 0 Å². The third-order valence-electron chi connectivity index (χ3n) is 2.25. The maximum atomic E-state index is 13.6. The number of nitrogens with zero attached hydrogens (tertiary/aromatic N) is 1. The van der Waals surface area contributed by atoms with Crippen LogP contribution in [0.25, 0.3) is 0 Å². The Hall–Kier alpha value is -1.61. The minimum absolute atomic E-state index is 0.0668. The highest BCUT2D eigenvalue weighted by molar-refractivity contribution is 6.30. The van der Waals surface area contributed by atoms with Gasteiger partial charge in [-0.05, 0) is 6.07 Å². The molecule has 82 valence electrons. The van der Waals surface area contributed by atoms with E-state index in [1.54, 1.807) is 29.1 Å². The Kier molecular flexibility index (Phi) is 3.06. The smallest absolute Gasteiger partial charge is 0.181 e. The first-order chi connectivity index (χ1) is 7.66. The number of pyridine rings is 1. The van der Waals surface area contributed by atoms with E-state index in [2.05, 4.69) is 0 Å². The van der Waals surface area contributed by atoms with E-state index in [4.69, 9.17) is 11.6 Å². The van der Waals surface area contributed by atoms with Gasteiger partial charge in [-0.2, -0.15) is 0 Å². The van der Waals surface area contributed by atoms with E-state index in [1.165, 1.54) is 18.2 Å². The molecule has 0 fully saturated rings. The first-order valence-corrected chi connectivity index (χ1v) is 5.13. The van der Waals surface area contributed by atoms with E-state index >= 15 is 0 Å². The van der Waals surface area contributed by atoms with Gasteiger partial charge < -0.3 is 4.57 Å². The van der Waals surface area contributed by atoms with Crippen molar-refractivity contribution in [1.82, 2.24) is 4.57 Å². The van der Waals surface area contributed by atoms with E-state index < -0.39 is 5.82 Å². The standard InChI is InChI=1S/C12H9ClFNO/c13-11-3-1-2-9(12(11)14)8-15-6-4-10(16)5-7-15/h1-7H,8H2. The van der Waals surface area contributed by atoms with E-state index in [9.17, 15) is 9.18 Å². The van der Waals surface area contributed by atoms with E-state index in [-0.39, 0.29) is 10.5 Å². The van der Waals surface area contributed by atoms with Gasteiger partial charge in [0, 0.05) is 36.6 Å². The zero-order valence-electron chi connectivity index (χ0n) is 8.36. The lowest BCUT2D eigenvalue weighted by atomic mass is 10.2. The van der Waals surface area contributed by atoms with Crippen molar-refractivity contribution >= 4 is 11.6 Å². The van der Waals surface area contributed by atoms with Gasteiger partial charge in [0.1, 0.15) is 5.82 Å². The summed E-state index contributed by atoms with van der Waals surface area (Å²) in [4.78, 5) is 10.9. The van der Waals surface area contributed by atoms with E-state index in [1.807, 2.05) is 0 Å². The van der Waals surface area contributed by atoms with Crippen molar-refractivity contribution in [3.8, 4) is 0 Å². The van der Waals surface area contributed by atoms with Crippen LogP contribution in [0.1, 0.15) is 5.56 Å². The second kappa shape index (κ2) is 4.49. The highest BCUT2D eigenvalue weighted by Crippen LogP contribution is 2.18. The fraction of sp³-hybridized carbons (Fsp3) is 0.0833. The van der Waals surface area contributed by atoms with Gasteiger partial charge in [-0.25, -0.2) is 4.39 Å². The second-order valence-electron chi connectivity index (χ2n) is 3.42. The molecule has 0 bridgehead atoms. The Labute approximate surface area is 96.9 Å². The maximum absolute atomic E-state index is 13.6. The van der Waals surface area contributed by atoms with Crippen molar-refractivity contribution in [2.24, 2.45) is 0 Å². The Morgan fingerprint density at radius 1 is 1.19 bits per heavy atom. The lowest BCUT2D eigenvalue weighted by Crippen LogP contribution is -2.06. The minimum atomic E-state index is -0.414. The molecule has 1 heterocycles. The van der Waals surface area contributed by atoms with Crippen molar-refractivity contribution in [3.05, 3.63) is 69.4 Å². The van der Waals surface area contributed by atoms with Crippen LogP contribution in [-0.4, -0.2) is 4.57 Å². The molecule has 0 amide bonds.